The molecule has 0 saturated carbocycles. The molecule has 0 aromatic heterocycles. The molecule has 0 saturated heterocycles. The van der Waals surface area contributed by atoms with Gasteiger partial charge in [-0.1, -0.05) is 0 Å². The number of hydrogen-bond donors (Lipinski definition) is 2. The smallest absolute Gasteiger partial charge is 0.354 e. The largest absolute Gasteiger partial charge is 0.602 e. The van der Waals surface area contributed by atoms with Crippen LogP contribution in [0.1, 0.15) is 12.8 Å². The predicted molar refractivity (Wildman–Crippen MR) is 80.1 cm³/mol. The number of rotatable bonds is 8. The zero-order valence-electron chi connectivity index (χ0n) is 10.6. The molecule has 8 heteroatoms. The summed E-state index contributed by atoms with van der Waals surface area (Å²) in [6, 6.07) is -1.70. The van der Waals surface area contributed by atoms with Gasteiger partial charge in [-0.3, -0.25) is 0 Å². The molecule has 4 N–H and O–H groups in total. The molecule has 0 aliphatic carbocycles. The van der Waals surface area contributed by atoms with Crippen molar-refractivity contribution in [3.8, 4) is 0 Å². The van der Waals surface area contributed by atoms with Gasteiger partial charge in [0, 0.05) is 0 Å². The fourth-order valence-electron chi connectivity index (χ4n) is 1.10. The first-order chi connectivity index (χ1) is 8.45. The van der Waals surface area contributed by atoms with Crippen molar-refractivity contribution in [2.45, 2.75) is 24.9 Å². The second-order valence-electron chi connectivity index (χ2n) is 3.68. The Morgan fingerprint density at radius 1 is 1.06 bits per heavy atom. The summed E-state index contributed by atoms with van der Waals surface area (Å²) in [7, 11) is 0. The first-order valence-electron chi connectivity index (χ1n) is 5.44. The Labute approximate surface area is 119 Å². The molecular weight excluding hydrogens is 292 g/mol. The van der Waals surface area contributed by atoms with E-state index in [0.717, 1.165) is 0 Å². The molecule has 0 heterocycles. The fourth-order valence-corrected chi connectivity index (χ4v) is 3.06. The SMILES string of the molecule is CSCC[C@H](N)C(=O)[S+]([O-])C(=O)[C@@H](N)CCSC. The monoisotopic (exact) mass is 312 g/mol. The summed E-state index contributed by atoms with van der Waals surface area (Å²) < 4.78 is 11.7. The summed E-state index contributed by atoms with van der Waals surface area (Å²) in [4.78, 5) is 23.3. The van der Waals surface area contributed by atoms with Crippen LogP contribution in [-0.2, 0) is 20.8 Å². The van der Waals surface area contributed by atoms with Crippen LogP contribution in [0, 0.1) is 0 Å². The van der Waals surface area contributed by atoms with E-state index < -0.39 is 33.5 Å². The number of hydrogen-bond acceptors (Lipinski definition) is 7. The molecule has 5 nitrogen and oxygen atoms in total. The summed E-state index contributed by atoms with van der Waals surface area (Å²) >= 11 is 0.860. The highest BCUT2D eigenvalue weighted by Gasteiger charge is 2.36. The van der Waals surface area contributed by atoms with Crippen LogP contribution in [0.3, 0.4) is 0 Å². The molecule has 18 heavy (non-hydrogen) atoms. The summed E-state index contributed by atoms with van der Waals surface area (Å²) in [5, 5.41) is -1.43. The molecule has 0 unspecified atom stereocenters. The third kappa shape index (κ3) is 6.44. The summed E-state index contributed by atoms with van der Waals surface area (Å²) in [5.74, 6) is 1.38. The van der Waals surface area contributed by atoms with Crippen LogP contribution in [0.4, 0.5) is 0 Å². The summed E-state index contributed by atoms with van der Waals surface area (Å²) in [6.07, 6.45) is 4.60. The lowest BCUT2D eigenvalue weighted by atomic mass is 10.3. The highest BCUT2D eigenvalue weighted by molar-refractivity contribution is 8.19. The average Bonchev–Trinajstić information content (AvgIpc) is 2.39. The molecule has 106 valence electrons. The van der Waals surface area contributed by atoms with E-state index in [0.29, 0.717) is 24.3 Å². The first-order valence-corrected chi connectivity index (χ1v) is 9.38. The Morgan fingerprint density at radius 3 is 1.67 bits per heavy atom. The van der Waals surface area contributed by atoms with Gasteiger partial charge in [-0.05, 0) is 36.9 Å². The summed E-state index contributed by atoms with van der Waals surface area (Å²) in [6.45, 7) is 0. The Bertz CT molecular complexity index is 253. The van der Waals surface area contributed by atoms with Gasteiger partial charge in [-0.2, -0.15) is 23.5 Å². The van der Waals surface area contributed by atoms with Gasteiger partial charge in [0.2, 0.25) is 0 Å². The third-order valence-corrected chi connectivity index (χ3v) is 4.86. The highest BCUT2D eigenvalue weighted by atomic mass is 32.2. The Kier molecular flexibility index (Phi) is 10.3. The third-order valence-electron chi connectivity index (χ3n) is 2.24. The van der Waals surface area contributed by atoms with Gasteiger partial charge in [-0.15, -0.1) is 0 Å². The lowest BCUT2D eigenvalue weighted by molar-refractivity contribution is -0.115. The maximum Gasteiger partial charge on any atom is 0.354 e. The average molecular weight is 312 g/mol. The van der Waals surface area contributed by atoms with Gasteiger partial charge < -0.3 is 16.0 Å². The number of thioether (sulfide) groups is 2. The van der Waals surface area contributed by atoms with Gasteiger partial charge in [0.15, 0.2) is 0 Å². The highest BCUT2D eigenvalue weighted by Crippen LogP contribution is 2.09. The van der Waals surface area contributed by atoms with Crippen molar-refractivity contribution >= 4 is 44.9 Å². The minimum Gasteiger partial charge on any atom is -0.602 e. The molecule has 0 radical (unpaired) electrons. The molecule has 0 rings (SSSR count). The van der Waals surface area contributed by atoms with E-state index in [-0.39, 0.29) is 0 Å². The Hall–Kier alpha value is 0.270. The molecule has 0 aromatic carbocycles. The van der Waals surface area contributed by atoms with Crippen molar-refractivity contribution in [1.29, 1.82) is 0 Å². The van der Waals surface area contributed by atoms with Crippen LogP contribution >= 0.6 is 23.5 Å². The van der Waals surface area contributed by atoms with E-state index in [1.807, 2.05) is 12.5 Å². The van der Waals surface area contributed by atoms with Crippen molar-refractivity contribution in [1.82, 2.24) is 0 Å². The Morgan fingerprint density at radius 2 is 1.39 bits per heavy atom. The van der Waals surface area contributed by atoms with Crippen LogP contribution in [0.2, 0.25) is 0 Å². The van der Waals surface area contributed by atoms with Gasteiger partial charge in [0.25, 0.3) is 0 Å². The molecular formula is C10H20N2O3S3. The lowest BCUT2D eigenvalue weighted by Crippen LogP contribution is -2.45. The second kappa shape index (κ2) is 10.1. The molecule has 2 atom stereocenters. The molecule has 0 bridgehead atoms. The van der Waals surface area contributed by atoms with Crippen LogP contribution in [0.5, 0.6) is 0 Å². The van der Waals surface area contributed by atoms with E-state index >= 15 is 0 Å². The molecule has 0 amide bonds. The standard InChI is InChI=1S/C10H20N2O3S3/c1-16-5-3-7(11)9(13)18(15)10(14)8(12)4-6-17-2/h7-8H,3-6,11-12H2,1-2H3/t7-,8-/m0/s1. The molecule has 0 spiro atoms. The minimum atomic E-state index is -2.22. The van der Waals surface area contributed by atoms with Crippen LogP contribution in [-0.4, -0.2) is 50.9 Å². The maximum atomic E-state index is 11.7. The summed E-state index contributed by atoms with van der Waals surface area (Å²) in [5.41, 5.74) is 11.2. The zero-order chi connectivity index (χ0) is 14.1. The first kappa shape index (κ1) is 18.3. The van der Waals surface area contributed by atoms with Gasteiger partial charge in [0.05, 0.1) is 0 Å². The van der Waals surface area contributed by atoms with Crippen LogP contribution < -0.4 is 11.5 Å². The van der Waals surface area contributed by atoms with Crippen LogP contribution in [0.15, 0.2) is 0 Å². The quantitative estimate of drug-likeness (QED) is 0.605. The van der Waals surface area contributed by atoms with Crippen molar-refractivity contribution in [2.24, 2.45) is 11.5 Å². The van der Waals surface area contributed by atoms with Gasteiger partial charge in [-0.25, -0.2) is 9.59 Å². The van der Waals surface area contributed by atoms with Crippen molar-refractivity contribution in [3.63, 3.8) is 0 Å². The number of carbonyl (C=O) groups excluding carboxylic acids is 2. The normalized spacial score (nSPS) is 14.6. The molecule has 0 fully saturated rings. The fraction of sp³-hybridized carbons (Fsp3) is 0.800. The van der Waals surface area contributed by atoms with Crippen molar-refractivity contribution in [3.05, 3.63) is 0 Å². The van der Waals surface area contributed by atoms with Crippen LogP contribution in [0.25, 0.3) is 0 Å². The van der Waals surface area contributed by atoms with E-state index in [9.17, 15) is 14.1 Å². The molecule has 0 aliphatic heterocycles. The van der Waals surface area contributed by atoms with Gasteiger partial charge in [0.1, 0.15) is 23.3 Å². The number of nitrogens with two attached hydrogens (primary N) is 2. The minimum absolute atomic E-state index is 0.416. The van der Waals surface area contributed by atoms with E-state index in [1.165, 1.54) is 0 Å². The predicted octanol–water partition coefficient (Wildman–Crippen LogP) is -0.0509. The van der Waals surface area contributed by atoms with E-state index in [4.69, 9.17) is 11.5 Å². The van der Waals surface area contributed by atoms with E-state index in [2.05, 4.69) is 0 Å². The van der Waals surface area contributed by atoms with Gasteiger partial charge >= 0.3 is 10.2 Å². The maximum absolute atomic E-state index is 11.7. The zero-order valence-corrected chi connectivity index (χ0v) is 13.0. The molecule has 0 aromatic rings. The Balaban J connectivity index is 4.30. The molecule has 0 aliphatic rings. The van der Waals surface area contributed by atoms with E-state index in [1.54, 1.807) is 23.5 Å². The number of carbonyl (C=O) groups is 2. The van der Waals surface area contributed by atoms with Crippen molar-refractivity contribution in [2.75, 3.05) is 24.0 Å². The van der Waals surface area contributed by atoms with Crippen molar-refractivity contribution < 1.29 is 14.1 Å². The lowest BCUT2D eigenvalue weighted by Gasteiger charge is -2.14. The second-order valence-corrected chi connectivity index (χ2v) is 7.00. The topological polar surface area (TPSA) is 109 Å².